The number of aromatic nitrogens is 2. The molecule has 25 heavy (non-hydrogen) atoms. The molecule has 1 aromatic carbocycles. The first-order valence-electron chi connectivity index (χ1n) is 6.44. The predicted octanol–water partition coefficient (Wildman–Crippen LogP) is 2.34. The zero-order chi connectivity index (χ0) is 19.0. The van der Waals surface area contributed by atoms with Gasteiger partial charge in [-0.15, -0.1) is 0 Å². The van der Waals surface area contributed by atoms with Gasteiger partial charge in [-0.25, -0.2) is 31.5 Å². The number of benzene rings is 1. The van der Waals surface area contributed by atoms with E-state index in [-0.39, 0.29) is 4.68 Å². The van der Waals surface area contributed by atoms with Crippen molar-refractivity contribution in [2.45, 2.75) is 13.8 Å². The number of hydrogen-bond donors (Lipinski definition) is 0. The highest BCUT2D eigenvalue weighted by atomic mass is 19.2. The molecule has 2 rings (SSSR count). The smallest absolute Gasteiger partial charge is 0.231 e. The van der Waals surface area contributed by atoms with Crippen LogP contribution in [0.4, 0.5) is 27.8 Å². The van der Waals surface area contributed by atoms with Crippen molar-refractivity contribution in [2.75, 3.05) is 4.90 Å². The number of imide groups is 1. The second-order valence-electron chi connectivity index (χ2n) is 4.70. The van der Waals surface area contributed by atoms with Crippen molar-refractivity contribution in [1.82, 2.24) is 9.78 Å². The third-order valence-electron chi connectivity index (χ3n) is 3.10. The molecule has 0 saturated heterocycles. The molecule has 0 fully saturated rings. The Bertz CT molecular complexity index is 905. The number of amides is 2. The Morgan fingerprint density at radius 3 is 1.84 bits per heavy atom. The van der Waals surface area contributed by atoms with Crippen LogP contribution in [0, 0.1) is 40.4 Å². The van der Waals surface area contributed by atoms with E-state index in [1.54, 1.807) is 0 Å². The van der Waals surface area contributed by atoms with Crippen molar-refractivity contribution >= 4 is 17.6 Å². The van der Waals surface area contributed by atoms with Crippen LogP contribution in [0.5, 0.6) is 0 Å². The summed E-state index contributed by atoms with van der Waals surface area (Å²) in [6, 6.07) is 1.52. The van der Waals surface area contributed by atoms with Crippen LogP contribution in [0.2, 0.25) is 0 Å². The number of carbonyl (C=O) groups excluding carboxylic acids is 2. The molecule has 0 N–H and O–H groups in total. The van der Waals surface area contributed by atoms with Gasteiger partial charge in [0.1, 0.15) is 17.3 Å². The molecule has 2 amide bonds. The highest BCUT2D eigenvalue weighted by molar-refractivity contribution is 6.13. The SMILES string of the molecule is CC(=O)N(C(C)=O)c1c(C#N)cnn1-c1c(F)c(F)c(F)c(F)c1F. The summed E-state index contributed by atoms with van der Waals surface area (Å²) in [7, 11) is 0. The van der Waals surface area contributed by atoms with Crippen molar-refractivity contribution < 1.29 is 31.5 Å². The standard InChI is InChI=1S/C14H7F5N4O2/c1-5(24)22(6(2)25)14-7(3-20)4-21-23(14)13-11(18)9(16)8(15)10(17)12(13)19/h4H,1-2H3. The number of anilines is 1. The molecule has 0 bridgehead atoms. The van der Waals surface area contributed by atoms with Gasteiger partial charge in [0.25, 0.3) is 0 Å². The molecule has 0 atom stereocenters. The van der Waals surface area contributed by atoms with Crippen LogP contribution in [-0.2, 0) is 9.59 Å². The zero-order valence-corrected chi connectivity index (χ0v) is 12.6. The lowest BCUT2D eigenvalue weighted by molar-refractivity contribution is -0.124. The molecule has 6 nitrogen and oxygen atoms in total. The minimum absolute atomic E-state index is 0.137. The van der Waals surface area contributed by atoms with Gasteiger partial charge in [0.05, 0.1) is 6.20 Å². The molecule has 1 aromatic heterocycles. The quantitative estimate of drug-likeness (QED) is 0.469. The molecule has 130 valence electrons. The fourth-order valence-corrected chi connectivity index (χ4v) is 2.10. The number of halogens is 5. The van der Waals surface area contributed by atoms with Gasteiger partial charge in [-0.2, -0.15) is 10.4 Å². The van der Waals surface area contributed by atoms with Gasteiger partial charge in [-0.1, -0.05) is 0 Å². The van der Waals surface area contributed by atoms with E-state index < -0.39 is 58.0 Å². The largest absolute Gasteiger partial charge is 0.274 e. The second kappa shape index (κ2) is 6.31. The first kappa shape index (κ1) is 18.1. The summed E-state index contributed by atoms with van der Waals surface area (Å²) in [4.78, 5) is 23.6. The number of hydrogen-bond acceptors (Lipinski definition) is 4. The summed E-state index contributed by atoms with van der Waals surface area (Å²) in [5.41, 5.74) is -2.02. The van der Waals surface area contributed by atoms with Crippen LogP contribution in [0.15, 0.2) is 6.20 Å². The Hall–Kier alpha value is -3.29. The van der Waals surface area contributed by atoms with Gasteiger partial charge in [-0.05, 0) is 0 Å². The third kappa shape index (κ3) is 2.71. The number of nitrogens with zero attached hydrogens (tertiary/aromatic N) is 4. The van der Waals surface area contributed by atoms with Crippen LogP contribution >= 0.6 is 0 Å². The van der Waals surface area contributed by atoms with Gasteiger partial charge in [0.15, 0.2) is 29.1 Å². The number of rotatable bonds is 2. The normalized spacial score (nSPS) is 10.5. The van der Waals surface area contributed by atoms with Crippen molar-refractivity contribution in [1.29, 1.82) is 5.26 Å². The zero-order valence-electron chi connectivity index (χ0n) is 12.6. The van der Waals surface area contributed by atoms with Gasteiger partial charge < -0.3 is 0 Å². The average molecular weight is 358 g/mol. The lowest BCUT2D eigenvalue weighted by Crippen LogP contribution is -2.35. The Morgan fingerprint density at radius 2 is 1.44 bits per heavy atom. The second-order valence-corrected chi connectivity index (χ2v) is 4.70. The minimum atomic E-state index is -2.39. The topological polar surface area (TPSA) is 79.0 Å². The summed E-state index contributed by atoms with van der Waals surface area (Å²) in [5, 5.41) is 12.4. The number of carbonyl (C=O) groups is 2. The molecular formula is C14H7F5N4O2. The molecular weight excluding hydrogens is 351 g/mol. The predicted molar refractivity (Wildman–Crippen MR) is 71.9 cm³/mol. The van der Waals surface area contributed by atoms with E-state index in [0.29, 0.717) is 11.1 Å². The van der Waals surface area contributed by atoms with E-state index in [1.165, 1.54) is 6.07 Å². The molecule has 11 heteroatoms. The molecule has 0 aliphatic carbocycles. The van der Waals surface area contributed by atoms with E-state index in [0.717, 1.165) is 13.8 Å². The molecule has 0 radical (unpaired) electrons. The Balaban J connectivity index is 2.93. The van der Waals surface area contributed by atoms with Crippen LogP contribution in [0.25, 0.3) is 5.69 Å². The Morgan fingerprint density at radius 1 is 1.00 bits per heavy atom. The van der Waals surface area contributed by atoms with Gasteiger partial charge in [-0.3, -0.25) is 9.59 Å². The lowest BCUT2D eigenvalue weighted by Gasteiger charge is -2.19. The monoisotopic (exact) mass is 358 g/mol. The van der Waals surface area contributed by atoms with Crippen molar-refractivity contribution in [3.05, 3.63) is 40.8 Å². The van der Waals surface area contributed by atoms with Gasteiger partial charge in [0.2, 0.25) is 17.6 Å². The highest BCUT2D eigenvalue weighted by Crippen LogP contribution is 2.31. The molecule has 1 heterocycles. The number of nitriles is 1. The average Bonchev–Trinajstić information content (AvgIpc) is 2.94. The summed E-state index contributed by atoms with van der Waals surface area (Å²) in [6.07, 6.45) is 0.715. The first-order chi connectivity index (χ1) is 11.6. The fraction of sp³-hybridized carbons (Fsp3) is 0.143. The molecule has 0 unspecified atom stereocenters. The van der Waals surface area contributed by atoms with E-state index in [2.05, 4.69) is 5.10 Å². The van der Waals surface area contributed by atoms with Crippen LogP contribution in [-0.4, -0.2) is 21.6 Å². The van der Waals surface area contributed by atoms with Crippen LogP contribution in [0.1, 0.15) is 19.4 Å². The summed E-state index contributed by atoms with van der Waals surface area (Å²) < 4.78 is 68.1. The van der Waals surface area contributed by atoms with E-state index >= 15 is 0 Å². The maximum absolute atomic E-state index is 14.0. The van der Waals surface area contributed by atoms with Gasteiger partial charge >= 0.3 is 0 Å². The first-order valence-corrected chi connectivity index (χ1v) is 6.44. The van der Waals surface area contributed by atoms with Crippen LogP contribution < -0.4 is 4.90 Å². The minimum Gasteiger partial charge on any atom is -0.274 e. The summed E-state index contributed by atoms with van der Waals surface area (Å²) in [5.74, 6) is -14.0. The van der Waals surface area contributed by atoms with Crippen molar-refractivity contribution in [3.8, 4) is 11.8 Å². The maximum atomic E-state index is 14.0. The van der Waals surface area contributed by atoms with E-state index in [1.807, 2.05) is 0 Å². The lowest BCUT2D eigenvalue weighted by atomic mass is 10.2. The van der Waals surface area contributed by atoms with Crippen LogP contribution in [0.3, 0.4) is 0 Å². The molecule has 0 spiro atoms. The maximum Gasteiger partial charge on any atom is 0.231 e. The van der Waals surface area contributed by atoms with Crippen molar-refractivity contribution in [3.63, 3.8) is 0 Å². The van der Waals surface area contributed by atoms with E-state index in [4.69, 9.17) is 5.26 Å². The fourth-order valence-electron chi connectivity index (χ4n) is 2.10. The van der Waals surface area contributed by atoms with Crippen molar-refractivity contribution in [2.24, 2.45) is 0 Å². The molecule has 2 aromatic rings. The molecule has 0 aliphatic rings. The summed E-state index contributed by atoms with van der Waals surface area (Å²) in [6.45, 7) is 1.80. The van der Waals surface area contributed by atoms with Gasteiger partial charge in [0, 0.05) is 13.8 Å². The van der Waals surface area contributed by atoms with E-state index in [9.17, 15) is 31.5 Å². The Labute approximate surface area is 136 Å². The summed E-state index contributed by atoms with van der Waals surface area (Å²) >= 11 is 0. The third-order valence-corrected chi connectivity index (χ3v) is 3.10. The molecule has 0 saturated carbocycles. The Kier molecular flexibility index (Phi) is 4.56. The highest BCUT2D eigenvalue weighted by Gasteiger charge is 2.32. The molecule has 0 aliphatic heterocycles.